The van der Waals surface area contributed by atoms with Crippen molar-refractivity contribution in [3.05, 3.63) is 130 Å². The molecule has 0 N–H and O–H groups in total. The lowest BCUT2D eigenvalue weighted by Gasteiger charge is -2.36. The smallest absolute Gasteiger partial charge is 0.0998 e. The summed E-state index contributed by atoms with van der Waals surface area (Å²) in [5.74, 6) is 0. The molecule has 0 heterocycles. The molecule has 9 rings (SSSR count). The largest absolute Gasteiger partial charge is 0.192 e. The van der Waals surface area contributed by atoms with E-state index in [0.717, 1.165) is 47.9 Å². The monoisotopic (exact) mass is 592 g/mol. The van der Waals surface area contributed by atoms with Crippen molar-refractivity contribution in [1.82, 2.24) is 0 Å². The van der Waals surface area contributed by atoms with Gasteiger partial charge in [-0.15, -0.1) is 0 Å². The maximum absolute atomic E-state index is 10.7. The van der Waals surface area contributed by atoms with Gasteiger partial charge in [0.2, 0.25) is 0 Å². The Balaban J connectivity index is 1.26. The standard InChI is InChI=1S/C44H36N2/c45-27-29-26-36(32-16-12-20-40-42(32)34-14-4-6-18-38(34)44(40)23-9-2-10-24-44)30(28-46)25-35(29)31-15-11-19-39-41(31)33-13-3-5-17-37(33)43(39)21-7-1-8-22-43/h3-6,11-20,25-26H,1-2,7-10,21-24H2. The van der Waals surface area contributed by atoms with E-state index in [1.807, 2.05) is 12.1 Å². The van der Waals surface area contributed by atoms with Crippen molar-refractivity contribution in [2.45, 2.75) is 75.0 Å². The minimum atomic E-state index is 0.0397. The van der Waals surface area contributed by atoms with E-state index in [-0.39, 0.29) is 10.8 Å². The van der Waals surface area contributed by atoms with E-state index in [0.29, 0.717) is 11.1 Å². The van der Waals surface area contributed by atoms with Gasteiger partial charge in [-0.2, -0.15) is 10.5 Å². The molecule has 0 saturated heterocycles. The Labute approximate surface area is 272 Å². The second kappa shape index (κ2) is 10.3. The molecule has 5 aromatic carbocycles. The fourth-order valence-electron chi connectivity index (χ4n) is 10.1. The molecular formula is C44H36N2. The van der Waals surface area contributed by atoms with Gasteiger partial charge in [0.1, 0.15) is 0 Å². The zero-order valence-corrected chi connectivity index (χ0v) is 26.2. The van der Waals surface area contributed by atoms with Crippen LogP contribution in [0.1, 0.15) is 97.6 Å². The van der Waals surface area contributed by atoms with Crippen LogP contribution in [0, 0.1) is 22.7 Å². The van der Waals surface area contributed by atoms with Crippen LogP contribution in [0.5, 0.6) is 0 Å². The van der Waals surface area contributed by atoms with E-state index in [1.54, 1.807) is 0 Å². The van der Waals surface area contributed by atoms with Crippen LogP contribution in [-0.4, -0.2) is 0 Å². The normalized spacial score (nSPS) is 17.9. The predicted octanol–water partition coefficient (Wildman–Crippen LogP) is 11.2. The van der Waals surface area contributed by atoms with Crippen molar-refractivity contribution in [3.63, 3.8) is 0 Å². The Morgan fingerprint density at radius 2 is 0.761 bits per heavy atom. The quantitative estimate of drug-likeness (QED) is 0.205. The topological polar surface area (TPSA) is 47.6 Å². The molecule has 0 atom stereocenters. The molecule has 4 aliphatic carbocycles. The van der Waals surface area contributed by atoms with Gasteiger partial charge < -0.3 is 0 Å². The van der Waals surface area contributed by atoms with Gasteiger partial charge in [-0.1, -0.05) is 123 Å². The molecule has 5 aromatic rings. The average molecular weight is 593 g/mol. The van der Waals surface area contributed by atoms with Crippen molar-refractivity contribution < 1.29 is 0 Å². The number of hydrogen-bond donors (Lipinski definition) is 0. The molecule has 2 heteroatoms. The average Bonchev–Trinajstić information content (AvgIpc) is 3.55. The van der Waals surface area contributed by atoms with Gasteiger partial charge in [0, 0.05) is 22.0 Å². The zero-order chi connectivity index (χ0) is 30.9. The van der Waals surface area contributed by atoms with E-state index < -0.39 is 0 Å². The van der Waals surface area contributed by atoms with Gasteiger partial charge in [-0.05, 0) is 93.5 Å². The van der Waals surface area contributed by atoms with Crippen molar-refractivity contribution >= 4 is 0 Å². The van der Waals surface area contributed by atoms with E-state index >= 15 is 0 Å². The first kappa shape index (κ1) is 27.4. The minimum Gasteiger partial charge on any atom is -0.192 e. The summed E-state index contributed by atoms with van der Waals surface area (Å²) in [5, 5.41) is 21.4. The highest BCUT2D eigenvalue weighted by atomic mass is 14.5. The van der Waals surface area contributed by atoms with Gasteiger partial charge in [-0.3, -0.25) is 0 Å². The molecule has 0 aliphatic heterocycles. The number of benzene rings is 5. The summed E-state index contributed by atoms with van der Waals surface area (Å²) in [4.78, 5) is 0. The third kappa shape index (κ3) is 3.62. The lowest BCUT2D eigenvalue weighted by molar-refractivity contribution is 0.353. The van der Waals surface area contributed by atoms with E-state index in [1.165, 1.54) is 83.0 Å². The molecule has 0 bridgehead atoms. The lowest BCUT2D eigenvalue weighted by atomic mass is 9.67. The highest BCUT2D eigenvalue weighted by Crippen LogP contribution is 2.60. The van der Waals surface area contributed by atoms with Gasteiger partial charge in [0.05, 0.1) is 23.3 Å². The van der Waals surface area contributed by atoms with Crippen LogP contribution in [-0.2, 0) is 10.8 Å². The fourth-order valence-corrected chi connectivity index (χ4v) is 10.1. The molecule has 2 spiro atoms. The van der Waals surface area contributed by atoms with Crippen molar-refractivity contribution in [1.29, 1.82) is 10.5 Å². The van der Waals surface area contributed by atoms with Crippen LogP contribution in [0.4, 0.5) is 0 Å². The molecule has 0 amide bonds. The maximum Gasteiger partial charge on any atom is 0.0998 e. The minimum absolute atomic E-state index is 0.0397. The van der Waals surface area contributed by atoms with E-state index in [9.17, 15) is 10.5 Å². The number of hydrogen-bond acceptors (Lipinski definition) is 2. The van der Waals surface area contributed by atoms with Crippen LogP contribution < -0.4 is 0 Å². The molecule has 222 valence electrons. The summed E-state index contributed by atoms with van der Waals surface area (Å²) in [6, 6.07) is 40.3. The molecule has 2 saturated carbocycles. The molecule has 2 fully saturated rings. The first-order valence-corrected chi connectivity index (χ1v) is 17.2. The third-order valence-electron chi connectivity index (χ3n) is 12.0. The van der Waals surface area contributed by atoms with Crippen molar-refractivity contribution in [2.75, 3.05) is 0 Å². The maximum atomic E-state index is 10.7. The molecular weight excluding hydrogens is 556 g/mol. The van der Waals surface area contributed by atoms with Crippen LogP contribution in [0.15, 0.2) is 97.1 Å². The van der Waals surface area contributed by atoms with Crippen molar-refractivity contribution in [2.24, 2.45) is 0 Å². The number of fused-ring (bicyclic) bond motifs is 10. The fraction of sp³-hybridized carbons (Fsp3) is 0.273. The first-order chi connectivity index (χ1) is 22.7. The van der Waals surface area contributed by atoms with Gasteiger partial charge in [-0.25, -0.2) is 0 Å². The SMILES string of the molecule is N#Cc1cc(-c2cccc3c2-c2ccccc2C32CCCCC2)c(C#N)cc1-c1cccc2c1-c1ccccc1C21CCCCC1. The van der Waals surface area contributed by atoms with Crippen LogP contribution >= 0.6 is 0 Å². The number of nitrogens with zero attached hydrogens (tertiary/aromatic N) is 2. The number of nitriles is 2. The summed E-state index contributed by atoms with van der Waals surface area (Å²) >= 11 is 0. The van der Waals surface area contributed by atoms with E-state index in [2.05, 4.69) is 97.1 Å². The molecule has 0 unspecified atom stereocenters. The van der Waals surface area contributed by atoms with Crippen LogP contribution in [0.25, 0.3) is 44.5 Å². The molecule has 2 nitrogen and oxygen atoms in total. The summed E-state index contributed by atoms with van der Waals surface area (Å²) in [5.41, 5.74) is 15.9. The molecule has 0 radical (unpaired) electrons. The Kier molecular flexibility index (Phi) is 6.14. The Bertz CT molecular complexity index is 1990. The summed E-state index contributed by atoms with van der Waals surface area (Å²) in [6.45, 7) is 0. The molecule has 46 heavy (non-hydrogen) atoms. The van der Waals surface area contributed by atoms with Gasteiger partial charge >= 0.3 is 0 Å². The number of rotatable bonds is 2. The Hall–Kier alpha value is -4.92. The van der Waals surface area contributed by atoms with E-state index in [4.69, 9.17) is 0 Å². The summed E-state index contributed by atoms with van der Waals surface area (Å²) in [6.07, 6.45) is 12.2. The summed E-state index contributed by atoms with van der Waals surface area (Å²) in [7, 11) is 0. The van der Waals surface area contributed by atoms with Gasteiger partial charge in [0.25, 0.3) is 0 Å². The predicted molar refractivity (Wildman–Crippen MR) is 185 cm³/mol. The Morgan fingerprint density at radius 3 is 1.17 bits per heavy atom. The van der Waals surface area contributed by atoms with Crippen molar-refractivity contribution in [3.8, 4) is 56.6 Å². The lowest BCUT2D eigenvalue weighted by Crippen LogP contribution is -2.28. The molecule has 4 aliphatic rings. The summed E-state index contributed by atoms with van der Waals surface area (Å²) < 4.78 is 0. The first-order valence-electron chi connectivity index (χ1n) is 17.2. The van der Waals surface area contributed by atoms with Crippen LogP contribution in [0.3, 0.4) is 0 Å². The molecule has 0 aromatic heterocycles. The second-order valence-corrected chi connectivity index (χ2v) is 14.0. The highest BCUT2D eigenvalue weighted by molar-refractivity contribution is 5.98. The second-order valence-electron chi connectivity index (χ2n) is 14.0. The van der Waals surface area contributed by atoms with Gasteiger partial charge in [0.15, 0.2) is 0 Å². The van der Waals surface area contributed by atoms with Crippen LogP contribution in [0.2, 0.25) is 0 Å². The third-order valence-corrected chi connectivity index (χ3v) is 12.0. The zero-order valence-electron chi connectivity index (χ0n) is 26.2. The Morgan fingerprint density at radius 1 is 0.391 bits per heavy atom. The highest BCUT2D eigenvalue weighted by Gasteiger charge is 2.46.